The molecule has 1 aliphatic rings. The van der Waals surface area contributed by atoms with Crippen molar-refractivity contribution in [2.75, 3.05) is 39.8 Å². The van der Waals surface area contributed by atoms with Gasteiger partial charge in [0.25, 0.3) is 0 Å². The number of hydrogen-bond donors (Lipinski definition) is 2. The summed E-state index contributed by atoms with van der Waals surface area (Å²) in [6.45, 7) is 4.96. The molecule has 1 aromatic rings. The van der Waals surface area contributed by atoms with Crippen molar-refractivity contribution in [3.63, 3.8) is 0 Å². The van der Waals surface area contributed by atoms with E-state index in [-0.39, 0.29) is 0 Å². The largest absolute Gasteiger partial charge is 0.389 e. The average molecular weight is 284 g/mol. The molecule has 5 heteroatoms. The van der Waals surface area contributed by atoms with E-state index in [0.717, 1.165) is 19.0 Å². The Bertz CT molecular complexity index is 345. The van der Waals surface area contributed by atoms with Crippen LogP contribution in [0.15, 0.2) is 17.5 Å². The van der Waals surface area contributed by atoms with Crippen LogP contribution in [0.3, 0.4) is 0 Å². The van der Waals surface area contributed by atoms with Crippen molar-refractivity contribution in [2.24, 2.45) is 5.92 Å². The van der Waals surface area contributed by atoms with E-state index >= 15 is 0 Å². The number of likely N-dealkylation sites (tertiary alicyclic amines) is 1. The fourth-order valence-corrected chi connectivity index (χ4v) is 3.04. The van der Waals surface area contributed by atoms with Crippen molar-refractivity contribution in [1.82, 2.24) is 10.2 Å². The zero-order valence-electron chi connectivity index (χ0n) is 11.5. The highest BCUT2D eigenvalue weighted by Crippen LogP contribution is 2.12. The van der Waals surface area contributed by atoms with Gasteiger partial charge in [-0.1, -0.05) is 6.07 Å². The molecule has 0 aliphatic carbocycles. The quantitative estimate of drug-likeness (QED) is 0.752. The normalized spacial score (nSPS) is 21.9. The van der Waals surface area contributed by atoms with Crippen molar-refractivity contribution in [3.05, 3.63) is 22.4 Å². The summed E-state index contributed by atoms with van der Waals surface area (Å²) in [6, 6.07) is 4.06. The second kappa shape index (κ2) is 7.97. The first-order chi connectivity index (χ1) is 9.24. The van der Waals surface area contributed by atoms with E-state index in [1.807, 2.05) is 17.5 Å². The summed E-state index contributed by atoms with van der Waals surface area (Å²) >= 11 is 1.68. The smallest absolute Gasteiger partial charge is 0.0897 e. The maximum atomic E-state index is 9.81. The van der Waals surface area contributed by atoms with Crippen LogP contribution in [0.2, 0.25) is 0 Å². The van der Waals surface area contributed by atoms with Gasteiger partial charge in [0.1, 0.15) is 0 Å². The molecule has 2 atom stereocenters. The van der Waals surface area contributed by atoms with Crippen LogP contribution in [0.5, 0.6) is 0 Å². The Morgan fingerprint density at radius 1 is 1.63 bits per heavy atom. The van der Waals surface area contributed by atoms with Gasteiger partial charge in [0, 0.05) is 18.0 Å². The molecule has 1 saturated heterocycles. The van der Waals surface area contributed by atoms with Crippen molar-refractivity contribution in [2.45, 2.75) is 19.1 Å². The van der Waals surface area contributed by atoms with Crippen LogP contribution in [-0.4, -0.2) is 55.9 Å². The minimum absolute atomic E-state index is 0.398. The summed E-state index contributed by atoms with van der Waals surface area (Å²) in [4.78, 5) is 3.56. The molecule has 4 nitrogen and oxygen atoms in total. The van der Waals surface area contributed by atoms with E-state index in [1.165, 1.54) is 17.8 Å². The van der Waals surface area contributed by atoms with Crippen LogP contribution >= 0.6 is 11.3 Å². The Kier molecular flexibility index (Phi) is 6.26. The molecule has 0 amide bonds. The highest BCUT2D eigenvalue weighted by Gasteiger charge is 2.18. The Morgan fingerprint density at radius 3 is 3.21 bits per heavy atom. The van der Waals surface area contributed by atoms with Gasteiger partial charge in [-0.25, -0.2) is 0 Å². The van der Waals surface area contributed by atoms with Gasteiger partial charge in [-0.15, -0.1) is 11.3 Å². The van der Waals surface area contributed by atoms with Gasteiger partial charge in [0.05, 0.1) is 19.3 Å². The van der Waals surface area contributed by atoms with Gasteiger partial charge in [0.2, 0.25) is 0 Å². The maximum Gasteiger partial charge on any atom is 0.0897 e. The lowest BCUT2D eigenvalue weighted by Crippen LogP contribution is -2.34. The molecular weight excluding hydrogens is 260 g/mol. The molecule has 0 saturated carbocycles. The lowest BCUT2D eigenvalue weighted by molar-refractivity contribution is 0.0295. The number of thiophene rings is 1. The third kappa shape index (κ3) is 5.58. The molecule has 19 heavy (non-hydrogen) atoms. The number of nitrogens with one attached hydrogen (secondary N) is 1. The fraction of sp³-hybridized carbons (Fsp3) is 0.714. The van der Waals surface area contributed by atoms with Crippen LogP contribution in [0, 0.1) is 5.92 Å². The molecule has 0 bridgehead atoms. The molecule has 1 fully saturated rings. The minimum Gasteiger partial charge on any atom is -0.389 e. The standard InChI is InChI=1S/C14H24N2O2S/c1-16-5-4-12(9-16)7-15-8-13(17)10-18-11-14-3-2-6-19-14/h2-3,6,12-13,15,17H,4-5,7-11H2,1H3. The zero-order chi connectivity index (χ0) is 13.5. The fourth-order valence-electron chi connectivity index (χ4n) is 2.40. The third-order valence-corrected chi connectivity index (χ3v) is 4.29. The Labute approximate surface area is 119 Å². The van der Waals surface area contributed by atoms with E-state index in [9.17, 15) is 5.11 Å². The number of ether oxygens (including phenoxy) is 1. The highest BCUT2D eigenvalue weighted by molar-refractivity contribution is 7.09. The zero-order valence-corrected chi connectivity index (χ0v) is 12.4. The number of hydrogen-bond acceptors (Lipinski definition) is 5. The lowest BCUT2D eigenvalue weighted by Gasteiger charge is -2.15. The lowest BCUT2D eigenvalue weighted by atomic mass is 10.1. The predicted octanol–water partition coefficient (Wildman–Crippen LogP) is 1.17. The molecule has 0 aromatic carbocycles. The molecule has 2 N–H and O–H groups in total. The first-order valence-electron chi connectivity index (χ1n) is 6.91. The Morgan fingerprint density at radius 2 is 2.53 bits per heavy atom. The second-order valence-electron chi connectivity index (χ2n) is 5.32. The second-order valence-corrected chi connectivity index (χ2v) is 6.36. The highest BCUT2D eigenvalue weighted by atomic mass is 32.1. The third-order valence-electron chi connectivity index (χ3n) is 3.44. The van der Waals surface area contributed by atoms with Crippen LogP contribution in [0.1, 0.15) is 11.3 Å². The molecule has 1 aromatic heterocycles. The molecular formula is C14H24N2O2S. The van der Waals surface area contributed by atoms with E-state index in [1.54, 1.807) is 11.3 Å². The van der Waals surface area contributed by atoms with E-state index in [2.05, 4.69) is 17.3 Å². The van der Waals surface area contributed by atoms with Gasteiger partial charge < -0.3 is 20.1 Å². The molecule has 0 radical (unpaired) electrons. The molecule has 0 spiro atoms. The molecule has 1 aliphatic heterocycles. The van der Waals surface area contributed by atoms with Gasteiger partial charge >= 0.3 is 0 Å². The van der Waals surface area contributed by atoms with Crippen LogP contribution in [-0.2, 0) is 11.3 Å². The number of aliphatic hydroxyl groups is 1. The van der Waals surface area contributed by atoms with Gasteiger partial charge in [-0.05, 0) is 43.9 Å². The van der Waals surface area contributed by atoms with Gasteiger partial charge in [-0.2, -0.15) is 0 Å². The Balaban J connectivity index is 1.49. The first kappa shape index (κ1) is 14.9. The summed E-state index contributed by atoms with van der Waals surface area (Å²) in [6.07, 6.45) is 0.841. The molecule has 108 valence electrons. The number of aliphatic hydroxyl groups excluding tert-OH is 1. The maximum absolute atomic E-state index is 9.81. The van der Waals surface area contributed by atoms with Crippen molar-refractivity contribution >= 4 is 11.3 Å². The van der Waals surface area contributed by atoms with E-state index in [0.29, 0.717) is 19.8 Å². The summed E-state index contributed by atoms with van der Waals surface area (Å²) in [5.74, 6) is 0.726. The summed E-state index contributed by atoms with van der Waals surface area (Å²) in [5.41, 5.74) is 0. The molecule has 2 heterocycles. The topological polar surface area (TPSA) is 44.7 Å². The number of nitrogens with zero attached hydrogens (tertiary/aromatic N) is 1. The van der Waals surface area contributed by atoms with Crippen LogP contribution in [0.25, 0.3) is 0 Å². The average Bonchev–Trinajstić information content (AvgIpc) is 3.01. The summed E-state index contributed by atoms with van der Waals surface area (Å²) in [7, 11) is 2.16. The van der Waals surface area contributed by atoms with E-state index < -0.39 is 6.10 Å². The minimum atomic E-state index is -0.418. The van der Waals surface area contributed by atoms with Crippen molar-refractivity contribution < 1.29 is 9.84 Å². The Hall–Kier alpha value is -0.460. The predicted molar refractivity (Wildman–Crippen MR) is 78.5 cm³/mol. The van der Waals surface area contributed by atoms with E-state index in [4.69, 9.17) is 4.74 Å². The van der Waals surface area contributed by atoms with Crippen LogP contribution in [0.4, 0.5) is 0 Å². The van der Waals surface area contributed by atoms with Crippen molar-refractivity contribution in [1.29, 1.82) is 0 Å². The van der Waals surface area contributed by atoms with Crippen molar-refractivity contribution in [3.8, 4) is 0 Å². The summed E-state index contributed by atoms with van der Waals surface area (Å²) < 4.78 is 5.49. The van der Waals surface area contributed by atoms with Gasteiger partial charge in [-0.3, -0.25) is 0 Å². The van der Waals surface area contributed by atoms with Gasteiger partial charge in [0.15, 0.2) is 0 Å². The van der Waals surface area contributed by atoms with Crippen LogP contribution < -0.4 is 5.32 Å². The molecule has 2 rings (SSSR count). The summed E-state index contributed by atoms with van der Waals surface area (Å²) in [5, 5.41) is 15.2. The first-order valence-corrected chi connectivity index (χ1v) is 7.79. The number of rotatable bonds is 8. The monoisotopic (exact) mass is 284 g/mol. The SMILES string of the molecule is CN1CCC(CNCC(O)COCc2cccs2)C1. The molecule has 2 unspecified atom stereocenters.